The van der Waals surface area contributed by atoms with Crippen LogP contribution in [-0.4, -0.2) is 19.6 Å². The van der Waals surface area contributed by atoms with Crippen LogP contribution in [0.5, 0.6) is 5.75 Å². The molecule has 2 aliphatic heterocycles. The van der Waals surface area contributed by atoms with Gasteiger partial charge in [0.25, 0.3) is 5.56 Å². The molecule has 5 rings (SSSR count). The number of fused-ring (bicyclic) bond motifs is 1. The van der Waals surface area contributed by atoms with E-state index in [0.717, 1.165) is 46.5 Å². The molecule has 0 bridgehead atoms. The number of aromatic nitrogens is 3. The number of unbranched alkanes of at least 4 members (excludes halogenated alkanes) is 10. The third-order valence-corrected chi connectivity index (χ3v) is 9.34. The smallest absolute Gasteiger partial charge is 0.278 e. The van der Waals surface area contributed by atoms with Gasteiger partial charge in [0.2, 0.25) is 0 Å². The topological polar surface area (TPSA) is 70.9 Å². The molecule has 5 nitrogen and oxygen atoms in total. The Morgan fingerprint density at radius 2 is 1.35 bits per heavy atom. The number of hydrogen-bond donors (Lipinski definition) is 2. The van der Waals surface area contributed by atoms with Gasteiger partial charge in [-0.15, -0.1) is 0 Å². The van der Waals surface area contributed by atoms with Gasteiger partial charge >= 0.3 is 0 Å². The van der Waals surface area contributed by atoms with Crippen molar-refractivity contribution in [2.24, 2.45) is 0 Å². The molecule has 0 fully saturated rings. The summed E-state index contributed by atoms with van der Waals surface area (Å²) in [4.78, 5) is 22.3. The lowest BCUT2D eigenvalue weighted by Crippen LogP contribution is -2.18. The highest BCUT2D eigenvalue weighted by atomic mass is 16.3. The number of phenolic OH excluding ortho intramolecular Hbond substituents is 1. The minimum Gasteiger partial charge on any atom is -0.508 e. The minimum absolute atomic E-state index is 0.0505. The highest BCUT2D eigenvalue weighted by Gasteiger charge is 2.21. The molecule has 2 aliphatic rings. The molecule has 0 radical (unpaired) electrons. The van der Waals surface area contributed by atoms with Crippen molar-refractivity contribution in [1.82, 2.24) is 14.5 Å². The molecule has 0 amide bonds. The van der Waals surface area contributed by atoms with Gasteiger partial charge in [-0.1, -0.05) is 146 Å². The van der Waals surface area contributed by atoms with E-state index in [1.165, 1.54) is 63.4 Å². The monoisotopic (exact) mass is 655 g/mol. The van der Waals surface area contributed by atoms with Crippen LogP contribution in [0.3, 0.4) is 0 Å². The van der Waals surface area contributed by atoms with Crippen LogP contribution < -0.4 is 5.56 Å². The summed E-state index contributed by atoms with van der Waals surface area (Å²) in [6, 6.07) is 23.9. The SMILES string of the molecule is CCCCCCCCCCCCC#Cc1ccc(Cc2nc3c(Cc4ccc(O)cc4)[nH]c(-c4ccc(C(C)(C)C)cc4)cn-3c2=O)cc1. The minimum atomic E-state index is -0.108. The van der Waals surface area contributed by atoms with E-state index in [0.29, 0.717) is 24.4 Å². The second kappa shape index (κ2) is 17.2. The van der Waals surface area contributed by atoms with E-state index in [9.17, 15) is 9.90 Å². The normalized spacial score (nSPS) is 11.5. The molecule has 0 unspecified atom stereocenters. The Morgan fingerprint density at radius 1 is 0.755 bits per heavy atom. The average molecular weight is 656 g/mol. The van der Waals surface area contributed by atoms with Gasteiger partial charge in [0.15, 0.2) is 5.82 Å². The Labute approximate surface area is 293 Å². The molecule has 0 saturated heterocycles. The zero-order valence-electron chi connectivity index (χ0n) is 29.9. The first-order valence-corrected chi connectivity index (χ1v) is 18.3. The van der Waals surface area contributed by atoms with Crippen molar-refractivity contribution in [3.8, 4) is 34.7 Å². The van der Waals surface area contributed by atoms with Gasteiger partial charge in [0.1, 0.15) is 11.4 Å². The fourth-order valence-corrected chi connectivity index (χ4v) is 6.29. The van der Waals surface area contributed by atoms with Crippen molar-refractivity contribution in [3.05, 3.63) is 123 Å². The van der Waals surface area contributed by atoms with E-state index < -0.39 is 0 Å². The Bertz CT molecular complexity index is 1840. The van der Waals surface area contributed by atoms with Crippen molar-refractivity contribution in [2.45, 2.75) is 117 Å². The molecule has 256 valence electrons. The lowest BCUT2D eigenvalue weighted by Gasteiger charge is -2.19. The van der Waals surface area contributed by atoms with E-state index in [4.69, 9.17) is 4.98 Å². The average Bonchev–Trinajstić information content (AvgIpc) is 3.41. The van der Waals surface area contributed by atoms with Crippen LogP contribution in [0.15, 0.2) is 83.8 Å². The number of nitrogens with one attached hydrogen (secondary N) is 1. The summed E-state index contributed by atoms with van der Waals surface area (Å²) in [6.45, 7) is 8.88. The highest BCUT2D eigenvalue weighted by Crippen LogP contribution is 2.28. The van der Waals surface area contributed by atoms with Crippen LogP contribution in [0.4, 0.5) is 0 Å². The van der Waals surface area contributed by atoms with Crippen LogP contribution in [0.2, 0.25) is 0 Å². The van der Waals surface area contributed by atoms with Gasteiger partial charge in [0, 0.05) is 31.0 Å². The maximum atomic E-state index is 13.8. The lowest BCUT2D eigenvalue weighted by molar-refractivity contribution is 0.475. The highest BCUT2D eigenvalue weighted by molar-refractivity contribution is 5.61. The summed E-state index contributed by atoms with van der Waals surface area (Å²) in [5.74, 6) is 7.51. The van der Waals surface area contributed by atoms with E-state index in [1.807, 2.05) is 30.5 Å². The molecule has 2 heterocycles. The maximum absolute atomic E-state index is 13.8. The molecule has 0 spiro atoms. The predicted octanol–water partition coefficient (Wildman–Crippen LogP) is 10.5. The molecule has 5 heteroatoms. The zero-order chi connectivity index (χ0) is 34.6. The molecule has 2 N–H and O–H groups in total. The van der Waals surface area contributed by atoms with Gasteiger partial charge in [0.05, 0.1) is 11.4 Å². The number of aromatic amines is 1. The molecular weight excluding hydrogens is 603 g/mol. The van der Waals surface area contributed by atoms with E-state index in [2.05, 4.69) is 80.9 Å². The second-order valence-electron chi connectivity index (χ2n) is 14.5. The zero-order valence-corrected chi connectivity index (χ0v) is 29.9. The van der Waals surface area contributed by atoms with Gasteiger partial charge in [-0.3, -0.25) is 9.36 Å². The lowest BCUT2D eigenvalue weighted by atomic mass is 9.86. The first-order valence-electron chi connectivity index (χ1n) is 18.3. The van der Waals surface area contributed by atoms with Crippen LogP contribution in [0, 0.1) is 11.8 Å². The summed E-state index contributed by atoms with van der Waals surface area (Å²) in [5, 5.41) is 9.81. The molecule has 0 aromatic heterocycles. The second-order valence-corrected chi connectivity index (χ2v) is 14.5. The fraction of sp³-hybridized carbons (Fsp3) is 0.409. The first kappa shape index (κ1) is 35.7. The fourth-order valence-electron chi connectivity index (χ4n) is 6.29. The van der Waals surface area contributed by atoms with Gasteiger partial charge < -0.3 is 10.1 Å². The van der Waals surface area contributed by atoms with Crippen molar-refractivity contribution in [1.29, 1.82) is 0 Å². The van der Waals surface area contributed by atoms with Crippen LogP contribution in [0.25, 0.3) is 17.1 Å². The van der Waals surface area contributed by atoms with E-state index in [1.54, 1.807) is 16.7 Å². The first-order chi connectivity index (χ1) is 23.7. The number of nitrogens with zero attached hydrogens (tertiary/aromatic N) is 2. The van der Waals surface area contributed by atoms with Crippen molar-refractivity contribution >= 4 is 0 Å². The maximum Gasteiger partial charge on any atom is 0.278 e. The molecule has 3 aromatic rings. The molecule has 0 aliphatic carbocycles. The Balaban J connectivity index is 1.26. The molecule has 3 aromatic carbocycles. The molecule has 0 saturated carbocycles. The summed E-state index contributed by atoms with van der Waals surface area (Å²) in [5.41, 5.74) is 7.45. The summed E-state index contributed by atoms with van der Waals surface area (Å²) >= 11 is 0. The summed E-state index contributed by atoms with van der Waals surface area (Å²) in [7, 11) is 0. The Hall–Kier alpha value is -4.56. The van der Waals surface area contributed by atoms with Crippen molar-refractivity contribution in [2.75, 3.05) is 0 Å². The quantitative estimate of drug-likeness (QED) is 0.0871. The number of H-pyrrole nitrogens is 1. The Morgan fingerprint density at radius 3 is 1.98 bits per heavy atom. The third-order valence-electron chi connectivity index (χ3n) is 9.34. The third kappa shape index (κ3) is 10.2. The summed E-state index contributed by atoms with van der Waals surface area (Å²) < 4.78 is 1.68. The summed E-state index contributed by atoms with van der Waals surface area (Å²) in [6.07, 6.45) is 17.1. The predicted molar refractivity (Wildman–Crippen MR) is 203 cm³/mol. The van der Waals surface area contributed by atoms with Gasteiger partial charge in [-0.25, -0.2) is 4.98 Å². The van der Waals surface area contributed by atoms with Crippen molar-refractivity contribution in [3.63, 3.8) is 0 Å². The van der Waals surface area contributed by atoms with Gasteiger partial charge in [-0.05, 0) is 58.4 Å². The molecule has 49 heavy (non-hydrogen) atoms. The van der Waals surface area contributed by atoms with E-state index >= 15 is 0 Å². The molecular formula is C44H53N3O2. The van der Waals surface area contributed by atoms with Crippen molar-refractivity contribution < 1.29 is 5.11 Å². The number of imidazole rings is 1. The van der Waals surface area contributed by atoms with Gasteiger partial charge in [-0.2, -0.15) is 0 Å². The number of aromatic hydroxyl groups is 1. The van der Waals surface area contributed by atoms with Crippen LogP contribution >= 0.6 is 0 Å². The number of benzene rings is 3. The largest absolute Gasteiger partial charge is 0.508 e. The van der Waals surface area contributed by atoms with Crippen LogP contribution in [0.1, 0.15) is 132 Å². The Kier molecular flexibility index (Phi) is 12.5. The number of phenols is 1. The standard InChI is InChI=1S/C44H53N3O2/c1-5-6-7-8-9-10-11-12-13-14-15-16-17-33-18-20-34(21-19-33)31-40-43(49)47-32-41(36-24-26-37(27-25-36)44(2,3)4)45-39(42(47)46-40)30-35-22-28-38(48)29-23-35/h18-29,32,45,48H,5-15,30-31H2,1-4H3. The molecule has 0 atom stereocenters. The van der Waals surface area contributed by atoms with E-state index in [-0.39, 0.29) is 16.7 Å². The van der Waals surface area contributed by atoms with Crippen LogP contribution in [-0.2, 0) is 18.3 Å². The number of rotatable bonds is 15. The number of hydrogen-bond acceptors (Lipinski definition) is 3.